The summed E-state index contributed by atoms with van der Waals surface area (Å²) in [6, 6.07) is 95.5. The monoisotopic (exact) mass is 956 g/mol. The molecule has 4 heterocycles. The fourth-order valence-electron chi connectivity index (χ4n) is 11.4. The van der Waals surface area contributed by atoms with Crippen molar-refractivity contribution in [3.8, 4) is 73.5 Å². The van der Waals surface area contributed by atoms with Crippen molar-refractivity contribution in [2.75, 3.05) is 0 Å². The van der Waals surface area contributed by atoms with Gasteiger partial charge in [-0.05, 0) is 107 Å². The van der Waals surface area contributed by atoms with Gasteiger partial charge in [-0.3, -0.25) is 0 Å². The molecule has 0 aliphatic carbocycles. The van der Waals surface area contributed by atoms with Crippen LogP contribution >= 0.6 is 0 Å². The van der Waals surface area contributed by atoms with Crippen LogP contribution < -0.4 is 0 Å². The van der Waals surface area contributed by atoms with Gasteiger partial charge in [0.15, 0.2) is 17.5 Å². The van der Waals surface area contributed by atoms with Gasteiger partial charge in [-0.1, -0.05) is 182 Å². The Bertz CT molecular complexity index is 4400. The lowest BCUT2D eigenvalue weighted by molar-refractivity contribution is 1.07. The Morgan fingerprint density at radius 3 is 0.800 bits per heavy atom. The van der Waals surface area contributed by atoms with Crippen molar-refractivity contribution in [1.82, 2.24) is 28.7 Å². The van der Waals surface area contributed by atoms with Crippen LogP contribution in [0.3, 0.4) is 0 Å². The van der Waals surface area contributed by atoms with Crippen LogP contribution in [0.1, 0.15) is 0 Å². The first-order chi connectivity index (χ1) is 37.2. The summed E-state index contributed by atoms with van der Waals surface area (Å²) >= 11 is 0. The lowest BCUT2D eigenvalue weighted by Gasteiger charge is -2.12. The smallest absolute Gasteiger partial charge is 0.164 e. The maximum atomic E-state index is 5.07. The molecule has 75 heavy (non-hydrogen) atoms. The standard InChI is InChI=1S/C69H44N6/c1-5-17-45(18-6-1)67-70-68(46-19-7-2-8-20-46)72-69(71-67)47-29-35-54(36-30-47)75-65-43-50(48-31-37-57-55-25-13-15-27-61(55)73(63(57)41-48)52-21-9-3-10-22-52)33-39-59(65)60-40-34-51(44-66(60)75)49-32-38-58-56-26-14-16-28-62(56)74(64(58)42-49)53-23-11-4-12-24-53/h1-44H. The van der Waals surface area contributed by atoms with Gasteiger partial charge < -0.3 is 13.7 Å². The van der Waals surface area contributed by atoms with Crippen LogP contribution in [0.4, 0.5) is 0 Å². The second-order valence-corrected chi connectivity index (χ2v) is 19.2. The molecule has 0 atom stereocenters. The zero-order valence-corrected chi connectivity index (χ0v) is 40.6. The van der Waals surface area contributed by atoms with Gasteiger partial charge in [0.25, 0.3) is 0 Å². The van der Waals surface area contributed by atoms with E-state index in [0.717, 1.165) is 67.0 Å². The largest absolute Gasteiger partial charge is 0.309 e. The summed E-state index contributed by atoms with van der Waals surface area (Å²) in [6.45, 7) is 0. The molecule has 0 N–H and O–H groups in total. The second kappa shape index (κ2) is 17.3. The number of nitrogens with zero attached hydrogens (tertiary/aromatic N) is 6. The number of benzene rings is 11. The van der Waals surface area contributed by atoms with E-state index in [-0.39, 0.29) is 0 Å². The van der Waals surface area contributed by atoms with Crippen molar-refractivity contribution in [3.05, 3.63) is 267 Å². The Balaban J connectivity index is 0.920. The summed E-state index contributed by atoms with van der Waals surface area (Å²) in [6.07, 6.45) is 0. The summed E-state index contributed by atoms with van der Waals surface area (Å²) in [5, 5.41) is 7.30. The van der Waals surface area contributed by atoms with Gasteiger partial charge in [0.2, 0.25) is 0 Å². The molecule has 0 bridgehead atoms. The average Bonchev–Trinajstić information content (AvgIpc) is 4.16. The molecule has 11 aromatic carbocycles. The topological polar surface area (TPSA) is 53.5 Å². The van der Waals surface area contributed by atoms with E-state index >= 15 is 0 Å². The minimum Gasteiger partial charge on any atom is -0.309 e. The fraction of sp³-hybridized carbons (Fsp3) is 0. The molecule has 4 aromatic heterocycles. The van der Waals surface area contributed by atoms with E-state index in [1.807, 2.05) is 60.7 Å². The summed E-state index contributed by atoms with van der Waals surface area (Å²) in [7, 11) is 0. The molecule has 15 aromatic rings. The van der Waals surface area contributed by atoms with Crippen LogP contribution in [0.2, 0.25) is 0 Å². The van der Waals surface area contributed by atoms with Crippen LogP contribution in [0, 0.1) is 0 Å². The maximum Gasteiger partial charge on any atom is 0.164 e. The summed E-state index contributed by atoms with van der Waals surface area (Å²) in [5.74, 6) is 1.89. The molecule has 6 heteroatoms. The van der Waals surface area contributed by atoms with E-state index in [1.165, 1.54) is 54.4 Å². The zero-order chi connectivity index (χ0) is 49.4. The molecule has 0 spiro atoms. The predicted molar refractivity (Wildman–Crippen MR) is 310 cm³/mol. The quantitative estimate of drug-likeness (QED) is 0.152. The molecule has 0 aliphatic heterocycles. The fourth-order valence-corrected chi connectivity index (χ4v) is 11.4. The lowest BCUT2D eigenvalue weighted by Crippen LogP contribution is -2.00. The van der Waals surface area contributed by atoms with Gasteiger partial charge in [0, 0.05) is 66.1 Å². The minimum absolute atomic E-state index is 0.618. The molecule has 0 radical (unpaired) electrons. The molecule has 0 amide bonds. The Kier molecular flexibility index (Phi) is 9.78. The molecule has 6 nitrogen and oxygen atoms in total. The third-order valence-corrected chi connectivity index (χ3v) is 14.9. The highest BCUT2D eigenvalue weighted by molar-refractivity contribution is 6.14. The first-order valence-electron chi connectivity index (χ1n) is 25.4. The van der Waals surface area contributed by atoms with Crippen LogP contribution in [-0.4, -0.2) is 28.7 Å². The van der Waals surface area contributed by atoms with Crippen molar-refractivity contribution in [2.45, 2.75) is 0 Å². The molecular weight excluding hydrogens is 913 g/mol. The molecular formula is C69H44N6. The van der Waals surface area contributed by atoms with Crippen molar-refractivity contribution >= 4 is 65.4 Å². The molecule has 0 unspecified atom stereocenters. The van der Waals surface area contributed by atoms with Crippen molar-refractivity contribution in [3.63, 3.8) is 0 Å². The maximum absolute atomic E-state index is 5.07. The number of para-hydroxylation sites is 4. The van der Waals surface area contributed by atoms with Gasteiger partial charge in [0.05, 0.1) is 33.1 Å². The molecule has 0 aliphatic rings. The Labute approximate surface area is 432 Å². The predicted octanol–water partition coefficient (Wildman–Crippen LogP) is 17.5. The van der Waals surface area contributed by atoms with Crippen LogP contribution in [-0.2, 0) is 0 Å². The molecule has 0 saturated heterocycles. The number of hydrogen-bond donors (Lipinski definition) is 0. The minimum atomic E-state index is 0.618. The highest BCUT2D eigenvalue weighted by Gasteiger charge is 2.20. The van der Waals surface area contributed by atoms with Crippen molar-refractivity contribution < 1.29 is 0 Å². The van der Waals surface area contributed by atoms with Gasteiger partial charge in [-0.2, -0.15) is 0 Å². The number of hydrogen-bond acceptors (Lipinski definition) is 3. The molecule has 0 saturated carbocycles. The third kappa shape index (κ3) is 7.07. The van der Waals surface area contributed by atoms with Crippen molar-refractivity contribution in [1.29, 1.82) is 0 Å². The van der Waals surface area contributed by atoms with Gasteiger partial charge in [0.1, 0.15) is 0 Å². The average molecular weight is 957 g/mol. The number of fused-ring (bicyclic) bond motifs is 9. The first-order valence-corrected chi connectivity index (χ1v) is 25.4. The van der Waals surface area contributed by atoms with Gasteiger partial charge in [-0.25, -0.2) is 15.0 Å². The molecule has 350 valence electrons. The normalized spacial score (nSPS) is 11.7. The number of rotatable bonds is 8. The molecule has 0 fully saturated rings. The van der Waals surface area contributed by atoms with E-state index in [2.05, 4.69) is 220 Å². The number of aromatic nitrogens is 6. The van der Waals surface area contributed by atoms with E-state index < -0.39 is 0 Å². The lowest BCUT2D eigenvalue weighted by atomic mass is 10.00. The van der Waals surface area contributed by atoms with Gasteiger partial charge >= 0.3 is 0 Å². The SMILES string of the molecule is c1ccc(-c2nc(-c3ccccc3)nc(-c3ccc(-n4c5cc(-c6ccc7c8ccccc8n(-c8ccccc8)c7c6)ccc5c5ccc(-c6ccc7c8ccccc8n(-c8ccccc8)c7c6)cc54)cc3)n2)cc1. The Hall–Kier alpha value is -10.2. The second-order valence-electron chi connectivity index (χ2n) is 19.2. The summed E-state index contributed by atoms with van der Waals surface area (Å²) in [5.41, 5.74) is 17.6. The van der Waals surface area contributed by atoms with E-state index in [9.17, 15) is 0 Å². The van der Waals surface area contributed by atoms with E-state index in [4.69, 9.17) is 15.0 Å². The van der Waals surface area contributed by atoms with Crippen LogP contribution in [0.15, 0.2) is 267 Å². The summed E-state index contributed by atoms with van der Waals surface area (Å²) < 4.78 is 7.21. The Morgan fingerprint density at radius 2 is 0.440 bits per heavy atom. The first kappa shape index (κ1) is 42.5. The highest BCUT2D eigenvalue weighted by Crippen LogP contribution is 2.41. The van der Waals surface area contributed by atoms with Crippen molar-refractivity contribution in [2.24, 2.45) is 0 Å². The molecule has 15 rings (SSSR count). The third-order valence-electron chi connectivity index (χ3n) is 14.9. The van der Waals surface area contributed by atoms with Crippen LogP contribution in [0.25, 0.3) is 139 Å². The summed E-state index contributed by atoms with van der Waals surface area (Å²) in [4.78, 5) is 15.1. The van der Waals surface area contributed by atoms with E-state index in [1.54, 1.807) is 0 Å². The highest BCUT2D eigenvalue weighted by atomic mass is 15.0. The van der Waals surface area contributed by atoms with Gasteiger partial charge in [-0.15, -0.1) is 0 Å². The Morgan fingerprint density at radius 1 is 0.187 bits per heavy atom. The van der Waals surface area contributed by atoms with Crippen LogP contribution in [0.5, 0.6) is 0 Å². The zero-order valence-electron chi connectivity index (χ0n) is 40.6. The van der Waals surface area contributed by atoms with E-state index in [0.29, 0.717) is 17.5 Å².